The summed E-state index contributed by atoms with van der Waals surface area (Å²) < 4.78 is 40.8. The predicted molar refractivity (Wildman–Crippen MR) is 199 cm³/mol. The Labute approximate surface area is 389 Å². The van der Waals surface area contributed by atoms with Crippen molar-refractivity contribution in [1.82, 2.24) is 20.3 Å². The van der Waals surface area contributed by atoms with Crippen LogP contribution in [0.25, 0.3) is 24.6 Å². The van der Waals surface area contributed by atoms with Gasteiger partial charge in [0.25, 0.3) is 8.53 Å². The van der Waals surface area contributed by atoms with Gasteiger partial charge >= 0.3 is 118 Å². The summed E-state index contributed by atoms with van der Waals surface area (Å²) in [4.78, 5) is 85.5. The summed E-state index contributed by atoms with van der Waals surface area (Å²) in [5.41, 5.74) is 0. The van der Waals surface area contributed by atoms with Crippen LogP contribution in [0.5, 0.6) is 0 Å². The molecule has 0 bridgehead atoms. The van der Waals surface area contributed by atoms with Gasteiger partial charge in [-0.15, -0.1) is 0 Å². The van der Waals surface area contributed by atoms with Crippen molar-refractivity contribution in [2.24, 2.45) is 0 Å². The molecular formula is C16H52Cl4N8O21P4Pt2Zn2. The largest absolute Gasteiger partial charge is 0.693 e. The van der Waals surface area contributed by atoms with Crippen molar-refractivity contribution in [2.75, 3.05) is 0 Å². The van der Waals surface area contributed by atoms with Crippen LogP contribution in [0.3, 0.4) is 0 Å². The van der Waals surface area contributed by atoms with Crippen molar-refractivity contribution < 1.29 is 174 Å². The van der Waals surface area contributed by atoms with Crippen molar-refractivity contribution in [3.63, 3.8) is 0 Å². The predicted octanol–water partition coefficient (Wildman–Crippen LogP) is 6.76. The minimum absolute atomic E-state index is 0. The first-order valence-corrected chi connectivity index (χ1v) is 29.1. The molecule has 0 aromatic carbocycles. The van der Waals surface area contributed by atoms with Gasteiger partial charge in [0.1, 0.15) is 0 Å². The van der Waals surface area contributed by atoms with E-state index in [4.69, 9.17) is 107 Å². The summed E-state index contributed by atoms with van der Waals surface area (Å²) in [5.74, 6) is 0. The van der Waals surface area contributed by atoms with Crippen molar-refractivity contribution in [2.45, 2.75) is 79.8 Å². The number of rotatable bonds is 8. The quantitative estimate of drug-likeness (QED) is 0.0881. The zero-order valence-electron chi connectivity index (χ0n) is 31.0. The van der Waals surface area contributed by atoms with E-state index in [2.05, 4.69) is 0 Å². The van der Waals surface area contributed by atoms with E-state index in [1.807, 2.05) is 0 Å². The smallest absolute Gasteiger partial charge is 0 e. The first kappa shape index (κ1) is 97.6. The first-order valence-electron chi connectivity index (χ1n) is 11.8. The third kappa shape index (κ3) is 191. The molecule has 0 spiro atoms. The van der Waals surface area contributed by atoms with Crippen LogP contribution < -0.4 is 20.3 Å². The molecule has 0 aliphatic rings. The maximum absolute atomic E-state index is 11.7. The SMILES string of the molecule is CC(C)O.CC(C)O.CC(C)OP(=O)(NC(=O)O)OC(C)C.O=C(O)NP(=O)(O)O.O=C(O)NP(=O)(O)O.O=C(O)NP(O)O.[Cl][Pt+2][Cl].[Cl][Pt+2][Cl].[NH2-].[NH2-].[NH2-].[NH2-].[Zn].[Zn]. The Morgan fingerprint density at radius 3 is 0.772 bits per heavy atom. The Balaban J connectivity index is -0.0000000321. The van der Waals surface area contributed by atoms with Crippen LogP contribution in [0.15, 0.2) is 0 Å². The Kier molecular flexibility index (Phi) is 106. The van der Waals surface area contributed by atoms with Crippen LogP contribution in [-0.4, -0.2) is 109 Å². The Hall–Kier alpha value is 1.42. The molecule has 0 atom stereocenters. The molecule has 0 aliphatic carbocycles. The molecule has 0 fully saturated rings. The average molecular weight is 1480 g/mol. The number of carboxylic acid groups (broad SMARTS) is 4. The number of hydrogen-bond acceptors (Lipinski definition) is 13. The Bertz CT molecular complexity index is 980. The topological polar surface area (TPSA) is 563 Å². The number of nitrogens with one attached hydrogen (secondary N) is 4. The fourth-order valence-corrected chi connectivity index (χ4v) is 3.25. The molecule has 57 heavy (non-hydrogen) atoms. The summed E-state index contributed by atoms with van der Waals surface area (Å²) in [6.07, 6.45) is -7.44. The van der Waals surface area contributed by atoms with Gasteiger partial charge in [-0.2, -0.15) is 0 Å². The van der Waals surface area contributed by atoms with E-state index in [0.29, 0.717) is 0 Å². The zero-order valence-corrected chi connectivity index (χ0v) is 48.1. The van der Waals surface area contributed by atoms with Gasteiger partial charge < -0.3 is 84.6 Å². The van der Waals surface area contributed by atoms with E-state index in [9.17, 15) is 32.9 Å². The maximum Gasteiger partial charge on any atom is 0 e. The molecular weight excluding hydrogens is 1430 g/mol. The molecule has 29 nitrogen and oxygen atoms in total. The van der Waals surface area contributed by atoms with Gasteiger partial charge in [0.05, 0.1) is 12.2 Å². The Morgan fingerprint density at radius 1 is 0.544 bits per heavy atom. The van der Waals surface area contributed by atoms with E-state index >= 15 is 0 Å². The van der Waals surface area contributed by atoms with E-state index < -0.39 is 89.1 Å². The summed E-state index contributed by atoms with van der Waals surface area (Å²) in [6, 6.07) is 0. The zero-order chi connectivity index (χ0) is 43.4. The fourth-order valence-electron chi connectivity index (χ4n) is 1.08. The van der Waals surface area contributed by atoms with Gasteiger partial charge in [0, 0.05) is 51.2 Å². The van der Waals surface area contributed by atoms with Crippen molar-refractivity contribution in [3.8, 4) is 0 Å². The maximum atomic E-state index is 11.7. The standard InChI is InChI=1S/C7H16NO5P.2C3H8O.2CH4NO5P.CH4NO4P.4ClH.4H2N.2Pt.2Zn/c1-5(2)12-14(11,8-7(9)10)13-6(3)4;2*1-3(2)4;2*3-1(4)2-8(5,6)7;3-1(4)2-7(5)6;;;;;;;;;;;;/h5-6H,1-4H3,(H,8,11)(H,9,10);2*3-4H,1-2H3;2*(H,3,4)(H3,2,5,6,7);2,5-6H,(H,3,4);4*1H;4*1H2;;;;/q;;;;;;;;;;4*-1;2*+4;;/p-4. The number of carbonyl (C=O) groups is 4. The Morgan fingerprint density at radius 2 is 0.719 bits per heavy atom. The van der Waals surface area contributed by atoms with Gasteiger partial charge in [0.2, 0.25) is 0 Å². The molecule has 0 saturated heterocycles. The van der Waals surface area contributed by atoms with E-state index in [-0.39, 0.29) is 88.0 Å². The minimum Gasteiger partial charge on any atom is -0.693 e. The van der Waals surface area contributed by atoms with Gasteiger partial charge in [0.15, 0.2) is 0 Å². The number of nitrogens with two attached hydrogens (primary N) is 4. The van der Waals surface area contributed by atoms with Crippen LogP contribution in [0.4, 0.5) is 19.2 Å². The van der Waals surface area contributed by atoms with Gasteiger partial charge in [-0.05, 0) is 55.4 Å². The number of aliphatic hydroxyl groups is 2. The number of halogens is 4. The summed E-state index contributed by atoms with van der Waals surface area (Å²) in [5, 5.41) is 52.6. The molecule has 0 radical (unpaired) electrons. The second-order valence-corrected chi connectivity index (χ2v) is 19.8. The summed E-state index contributed by atoms with van der Waals surface area (Å²) in [7, 11) is 4.13. The molecule has 41 heteroatoms. The second-order valence-electron chi connectivity index (χ2n) is 8.13. The van der Waals surface area contributed by atoms with E-state index in [1.54, 1.807) is 60.5 Å². The number of aliphatic hydroxyl groups excluding tert-OH is 2. The van der Waals surface area contributed by atoms with Gasteiger partial charge in [-0.1, -0.05) is 0 Å². The number of hydrogen-bond donors (Lipinski definition) is 16. The molecule has 0 unspecified atom stereocenters. The van der Waals surface area contributed by atoms with Crippen LogP contribution in [0, 0.1) is 0 Å². The summed E-state index contributed by atoms with van der Waals surface area (Å²) in [6.45, 7) is 13.4. The van der Waals surface area contributed by atoms with Gasteiger partial charge in [-0.25, -0.2) is 48.1 Å². The van der Waals surface area contributed by atoms with Gasteiger partial charge in [-0.3, -0.25) is 14.1 Å². The van der Waals surface area contributed by atoms with E-state index in [0.717, 1.165) is 10.2 Å². The normalized spacial score (nSPS) is 9.14. The van der Waals surface area contributed by atoms with Crippen LogP contribution in [0.2, 0.25) is 0 Å². The summed E-state index contributed by atoms with van der Waals surface area (Å²) >= 11 is -0.944. The molecule has 4 amide bonds. The monoisotopic (exact) mass is 1470 g/mol. The molecule has 0 aromatic heterocycles. The van der Waals surface area contributed by atoms with Crippen molar-refractivity contribution in [3.05, 3.63) is 24.6 Å². The van der Waals surface area contributed by atoms with E-state index in [1.165, 1.54) is 5.09 Å². The van der Waals surface area contributed by atoms with Crippen LogP contribution in [0.1, 0.15) is 55.4 Å². The number of amides is 4. The minimum atomic E-state index is -4.57. The van der Waals surface area contributed by atoms with Crippen molar-refractivity contribution in [1.29, 1.82) is 0 Å². The molecule has 0 rings (SSSR count). The van der Waals surface area contributed by atoms with Crippen molar-refractivity contribution >= 4 is 93.8 Å². The fraction of sp³-hybridized carbons (Fsp3) is 0.750. The van der Waals surface area contributed by atoms with Crippen LogP contribution in [-0.2, 0) is 94.7 Å². The molecule has 354 valence electrons. The molecule has 0 aliphatic heterocycles. The third-order valence-electron chi connectivity index (χ3n) is 1.61. The average Bonchev–Trinajstić information content (AvgIpc) is 2.74. The third-order valence-corrected chi connectivity index (χ3v) is 4.83. The second kappa shape index (κ2) is 61.7. The molecule has 24 N–H and O–H groups in total. The first-order chi connectivity index (χ1) is 22.5. The molecule has 0 heterocycles. The molecule has 0 aromatic rings. The van der Waals surface area contributed by atoms with Crippen LogP contribution >= 0.6 is 69.4 Å². The molecule has 0 saturated carbocycles.